The second kappa shape index (κ2) is 7.40. The van der Waals surface area contributed by atoms with Crippen LogP contribution >= 0.6 is 18.3 Å². The molecular formula is C21H28NOPS. The van der Waals surface area contributed by atoms with Crippen molar-refractivity contribution in [3.8, 4) is 0 Å². The molecule has 0 N–H and O–H groups in total. The minimum atomic E-state index is -1.09. The summed E-state index contributed by atoms with van der Waals surface area (Å²) in [7, 11) is -1.46. The lowest BCUT2D eigenvalue weighted by molar-refractivity contribution is 0.235. The van der Waals surface area contributed by atoms with E-state index < -0.39 is 10.0 Å². The van der Waals surface area contributed by atoms with Crippen LogP contribution in [0.5, 0.6) is 0 Å². The summed E-state index contributed by atoms with van der Waals surface area (Å²) in [6.45, 7) is 3.52. The molecule has 2 saturated heterocycles. The van der Waals surface area contributed by atoms with Crippen LogP contribution in [-0.2, 0) is 4.52 Å². The summed E-state index contributed by atoms with van der Waals surface area (Å²) in [4.78, 5) is 2.95. The van der Waals surface area contributed by atoms with Crippen LogP contribution in [0.4, 0.5) is 0 Å². The normalized spacial score (nSPS) is 27.4. The Balaban J connectivity index is 1.68. The summed E-state index contributed by atoms with van der Waals surface area (Å²) in [5.41, 5.74) is 0. The Morgan fingerprint density at radius 2 is 1.64 bits per heavy atom. The highest BCUT2D eigenvalue weighted by Gasteiger charge is 2.46. The number of rotatable bonds is 5. The Hall–Kier alpha value is -0.860. The zero-order chi connectivity index (χ0) is 17.3. The second-order valence-electron chi connectivity index (χ2n) is 7.07. The highest BCUT2D eigenvalue weighted by molar-refractivity contribution is 8.33. The van der Waals surface area contributed by atoms with Gasteiger partial charge in [-0.15, -0.1) is 0 Å². The van der Waals surface area contributed by atoms with Crippen molar-refractivity contribution in [2.75, 3.05) is 24.7 Å². The van der Waals surface area contributed by atoms with Crippen LogP contribution < -0.4 is 0 Å². The topological polar surface area (TPSA) is 12.5 Å². The molecule has 2 nitrogen and oxygen atoms in total. The Kier molecular flexibility index (Phi) is 5.20. The van der Waals surface area contributed by atoms with Crippen LogP contribution in [0.2, 0.25) is 0 Å². The van der Waals surface area contributed by atoms with E-state index in [-0.39, 0.29) is 8.30 Å². The van der Waals surface area contributed by atoms with Crippen molar-refractivity contribution < 1.29 is 4.52 Å². The fraction of sp³-hybridized carbons (Fsp3) is 0.429. The molecule has 0 radical (unpaired) electrons. The van der Waals surface area contributed by atoms with E-state index in [0.717, 1.165) is 11.9 Å². The van der Waals surface area contributed by atoms with Crippen LogP contribution in [0.1, 0.15) is 19.8 Å². The van der Waals surface area contributed by atoms with Crippen LogP contribution in [-0.4, -0.2) is 41.5 Å². The smallest absolute Gasteiger partial charge is 0.104 e. The molecule has 2 fully saturated rings. The molecule has 2 aromatic carbocycles. The first kappa shape index (κ1) is 17.5. The van der Waals surface area contributed by atoms with Crippen LogP contribution in [0.25, 0.3) is 0 Å². The quantitative estimate of drug-likeness (QED) is 0.620. The molecule has 0 amide bonds. The fourth-order valence-electron chi connectivity index (χ4n) is 4.22. The SMILES string of the molecule is CC[P@@]1O[C@H](CS(C)(c2ccccc2)c2ccccc2)[C@@H]2CCCN21. The van der Waals surface area contributed by atoms with Gasteiger partial charge in [0.25, 0.3) is 0 Å². The first-order valence-electron chi connectivity index (χ1n) is 9.29. The second-order valence-corrected chi connectivity index (χ2v) is 12.6. The summed E-state index contributed by atoms with van der Waals surface area (Å²) in [6.07, 6.45) is 6.67. The van der Waals surface area contributed by atoms with Gasteiger partial charge in [0, 0.05) is 24.5 Å². The van der Waals surface area contributed by atoms with Crippen molar-refractivity contribution in [2.24, 2.45) is 0 Å². The van der Waals surface area contributed by atoms with E-state index in [1.165, 1.54) is 29.2 Å². The first-order valence-corrected chi connectivity index (χ1v) is 12.9. The van der Waals surface area contributed by atoms with Gasteiger partial charge >= 0.3 is 0 Å². The van der Waals surface area contributed by atoms with E-state index in [9.17, 15) is 0 Å². The van der Waals surface area contributed by atoms with Gasteiger partial charge in [-0.3, -0.25) is 4.67 Å². The van der Waals surface area contributed by atoms with E-state index in [1.807, 2.05) is 0 Å². The van der Waals surface area contributed by atoms with Crippen LogP contribution in [0, 0.1) is 0 Å². The minimum absolute atomic E-state index is 0.367. The van der Waals surface area contributed by atoms with Gasteiger partial charge in [-0.25, -0.2) is 0 Å². The monoisotopic (exact) mass is 373 g/mol. The molecule has 0 aromatic heterocycles. The molecule has 2 aliphatic heterocycles. The van der Waals surface area contributed by atoms with Crippen molar-refractivity contribution in [1.82, 2.24) is 4.67 Å². The average Bonchev–Trinajstić information content (AvgIpc) is 3.27. The summed E-state index contributed by atoms with van der Waals surface area (Å²) in [5.74, 6) is 1.14. The lowest BCUT2D eigenvalue weighted by Gasteiger charge is -2.39. The van der Waals surface area contributed by atoms with E-state index in [0.29, 0.717) is 12.1 Å². The van der Waals surface area contributed by atoms with Gasteiger partial charge in [0.15, 0.2) is 0 Å². The number of hydrogen-bond donors (Lipinski definition) is 0. The van der Waals surface area contributed by atoms with Crippen molar-refractivity contribution in [2.45, 2.75) is 41.7 Å². The number of fused-ring (bicyclic) bond motifs is 1. The molecule has 4 heteroatoms. The maximum absolute atomic E-state index is 6.63. The van der Waals surface area contributed by atoms with Crippen molar-refractivity contribution in [3.05, 3.63) is 60.7 Å². The predicted molar refractivity (Wildman–Crippen MR) is 110 cm³/mol. The van der Waals surface area contributed by atoms with Crippen LogP contribution in [0.3, 0.4) is 0 Å². The molecular weight excluding hydrogens is 345 g/mol. The number of benzene rings is 2. The van der Waals surface area contributed by atoms with Crippen molar-refractivity contribution in [1.29, 1.82) is 0 Å². The molecule has 0 unspecified atom stereocenters. The van der Waals surface area contributed by atoms with E-state index in [2.05, 4.69) is 78.5 Å². The van der Waals surface area contributed by atoms with Gasteiger partial charge in [-0.1, -0.05) is 43.3 Å². The summed E-state index contributed by atoms with van der Waals surface area (Å²) >= 11 is 0. The Morgan fingerprint density at radius 1 is 1.04 bits per heavy atom. The number of hydrogen-bond acceptors (Lipinski definition) is 2. The van der Waals surface area contributed by atoms with Crippen LogP contribution in [0.15, 0.2) is 70.5 Å². The molecule has 134 valence electrons. The highest BCUT2D eigenvalue weighted by Crippen LogP contribution is 2.63. The van der Waals surface area contributed by atoms with Gasteiger partial charge < -0.3 is 4.52 Å². The summed E-state index contributed by atoms with van der Waals surface area (Å²) in [6, 6.07) is 22.9. The Labute approximate surface area is 154 Å². The maximum atomic E-state index is 6.63. The zero-order valence-corrected chi connectivity index (χ0v) is 16.9. The fourth-order valence-corrected chi connectivity index (χ4v) is 9.56. The summed E-state index contributed by atoms with van der Waals surface area (Å²) < 4.78 is 9.32. The molecule has 2 heterocycles. The first-order chi connectivity index (χ1) is 12.2. The van der Waals surface area contributed by atoms with Gasteiger partial charge in [0.2, 0.25) is 0 Å². The minimum Gasteiger partial charge on any atom is -0.338 e. The van der Waals surface area contributed by atoms with Crippen molar-refractivity contribution in [3.63, 3.8) is 0 Å². The van der Waals surface area contributed by atoms with Gasteiger partial charge in [0.1, 0.15) is 8.30 Å². The molecule has 4 rings (SSSR count). The molecule has 0 aliphatic carbocycles. The largest absolute Gasteiger partial charge is 0.338 e. The lowest BCUT2D eigenvalue weighted by Crippen LogP contribution is -2.32. The van der Waals surface area contributed by atoms with E-state index in [1.54, 1.807) is 0 Å². The standard InChI is InChI=1S/C21H28NOPS/c1-3-24-22-16-10-15-20(22)21(23-24)17-25(2,18-11-6-4-7-12-18)19-13-8-5-9-14-19/h4-9,11-14,20-21H,3,10,15-17H2,1-2H3/t20-,21+,24+/m0/s1. The third-order valence-electron chi connectivity index (χ3n) is 5.54. The third-order valence-corrected chi connectivity index (χ3v) is 11.3. The van der Waals surface area contributed by atoms with Crippen molar-refractivity contribution >= 4 is 18.3 Å². The molecule has 2 aliphatic rings. The van der Waals surface area contributed by atoms with Gasteiger partial charge in [0.05, 0.1) is 6.10 Å². The number of nitrogens with zero attached hydrogens (tertiary/aromatic N) is 1. The zero-order valence-electron chi connectivity index (χ0n) is 15.2. The Morgan fingerprint density at radius 3 is 2.20 bits per heavy atom. The van der Waals surface area contributed by atoms with Gasteiger partial charge in [-0.2, -0.15) is 10.0 Å². The summed E-state index contributed by atoms with van der Waals surface area (Å²) in [5, 5.41) is 0. The van der Waals surface area contributed by atoms with Gasteiger partial charge in [-0.05, 0) is 53.2 Å². The van der Waals surface area contributed by atoms with E-state index >= 15 is 0 Å². The Bertz CT molecular complexity index is 656. The molecule has 0 saturated carbocycles. The third kappa shape index (κ3) is 3.28. The molecule has 25 heavy (non-hydrogen) atoms. The average molecular weight is 374 g/mol. The molecule has 0 bridgehead atoms. The maximum Gasteiger partial charge on any atom is 0.104 e. The predicted octanol–water partition coefficient (Wildman–Crippen LogP) is 5.73. The lowest BCUT2D eigenvalue weighted by atomic mass is 10.1. The molecule has 3 atom stereocenters. The van der Waals surface area contributed by atoms with E-state index in [4.69, 9.17) is 4.52 Å². The highest BCUT2D eigenvalue weighted by atomic mass is 32.3. The molecule has 2 aromatic rings. The molecule has 0 spiro atoms.